The van der Waals surface area contributed by atoms with Crippen LogP contribution in [0.2, 0.25) is 0 Å². The van der Waals surface area contributed by atoms with Crippen LogP contribution in [0.1, 0.15) is 72.1 Å². The number of nitrogens with one attached hydrogen (secondary N) is 2. The number of hydrogen-bond donors (Lipinski definition) is 2. The summed E-state index contributed by atoms with van der Waals surface area (Å²) in [4.78, 5) is 27.4. The number of epoxide rings is 4. The molecule has 4 heterocycles. The van der Waals surface area contributed by atoms with Crippen LogP contribution in [-0.4, -0.2) is 142 Å². The molecule has 1 aromatic carbocycles. The van der Waals surface area contributed by atoms with Crippen LogP contribution < -0.4 is 20.1 Å². The van der Waals surface area contributed by atoms with Crippen LogP contribution in [-0.2, 0) is 37.9 Å². The van der Waals surface area contributed by atoms with Gasteiger partial charge in [-0.05, 0) is 63.5 Å². The summed E-state index contributed by atoms with van der Waals surface area (Å²) in [6, 6.07) is 3.36. The highest BCUT2D eigenvalue weighted by Gasteiger charge is 2.27. The summed E-state index contributed by atoms with van der Waals surface area (Å²) in [7, 11) is 0. The van der Waals surface area contributed by atoms with Gasteiger partial charge in [0.1, 0.15) is 24.4 Å². The number of amides is 2. The summed E-state index contributed by atoms with van der Waals surface area (Å²) in [6.07, 6.45) is 7.02. The molecule has 4 fully saturated rings. The molecule has 1 aromatic rings. The maximum absolute atomic E-state index is 13.8. The average molecular weight is 709 g/mol. The van der Waals surface area contributed by atoms with Gasteiger partial charge in [-0.25, -0.2) is 0 Å². The van der Waals surface area contributed by atoms with Gasteiger partial charge in [0.15, 0.2) is 11.5 Å². The van der Waals surface area contributed by atoms with Crippen LogP contribution in [0.5, 0.6) is 11.5 Å². The Balaban J connectivity index is 1.17. The number of unbranched alkanes of at least 4 members (excludes halogenated alkanes) is 4. The van der Waals surface area contributed by atoms with Gasteiger partial charge in [0.25, 0.3) is 11.8 Å². The SMILES string of the molecule is O=C(NCCCCOCC1CO1)c1ccc(OCCCCOCC2CO2)c(OCCCCOCC2CO2)c1C(=O)NCCCCOCC1CO1. The smallest absolute Gasteiger partial charge is 0.256 e. The molecular formula is C36H56N2O12. The number of carbonyl (C=O) groups is 2. The molecule has 0 aromatic heterocycles. The molecule has 4 unspecified atom stereocenters. The van der Waals surface area contributed by atoms with E-state index in [4.69, 9.17) is 47.4 Å². The van der Waals surface area contributed by atoms with Crippen molar-refractivity contribution in [1.29, 1.82) is 0 Å². The van der Waals surface area contributed by atoms with E-state index in [0.717, 1.165) is 71.4 Å². The minimum atomic E-state index is -0.387. The second kappa shape index (κ2) is 22.4. The van der Waals surface area contributed by atoms with Crippen LogP contribution >= 0.6 is 0 Å². The van der Waals surface area contributed by atoms with Gasteiger partial charge in [-0.15, -0.1) is 0 Å². The summed E-state index contributed by atoms with van der Waals surface area (Å²) >= 11 is 0. The number of hydrogen-bond acceptors (Lipinski definition) is 12. The monoisotopic (exact) mass is 708 g/mol. The first-order chi connectivity index (χ1) is 24.7. The molecule has 0 bridgehead atoms. The molecule has 0 radical (unpaired) electrons. The van der Waals surface area contributed by atoms with E-state index in [1.807, 2.05) is 0 Å². The van der Waals surface area contributed by atoms with Crippen LogP contribution in [0.3, 0.4) is 0 Å². The van der Waals surface area contributed by atoms with E-state index in [2.05, 4.69) is 10.6 Å². The van der Waals surface area contributed by atoms with Crippen molar-refractivity contribution < 1.29 is 57.0 Å². The zero-order valence-corrected chi connectivity index (χ0v) is 29.3. The van der Waals surface area contributed by atoms with Crippen molar-refractivity contribution >= 4 is 11.8 Å². The maximum Gasteiger partial charge on any atom is 0.256 e. The fourth-order valence-electron chi connectivity index (χ4n) is 4.97. The molecule has 0 spiro atoms. The topological polar surface area (TPSA) is 164 Å². The Morgan fingerprint density at radius 1 is 0.540 bits per heavy atom. The van der Waals surface area contributed by atoms with E-state index < -0.39 is 0 Å². The fourth-order valence-corrected chi connectivity index (χ4v) is 4.97. The van der Waals surface area contributed by atoms with Crippen LogP contribution in [0.25, 0.3) is 0 Å². The van der Waals surface area contributed by atoms with Crippen LogP contribution in [0.4, 0.5) is 0 Å². The molecule has 2 N–H and O–H groups in total. The zero-order chi connectivity index (χ0) is 34.6. The summed E-state index contributed by atoms with van der Waals surface area (Å²) in [5.41, 5.74) is 0.410. The van der Waals surface area contributed by atoms with E-state index in [-0.39, 0.29) is 53.1 Å². The largest absolute Gasteiger partial charge is 0.490 e. The Hall–Kier alpha value is -2.56. The lowest BCUT2D eigenvalue weighted by atomic mass is 10.0. The third kappa shape index (κ3) is 16.2. The normalized spacial score (nSPS) is 21.4. The highest BCUT2D eigenvalue weighted by atomic mass is 16.6. The lowest BCUT2D eigenvalue weighted by Crippen LogP contribution is -2.31. The molecule has 0 aliphatic carbocycles. The lowest BCUT2D eigenvalue weighted by Gasteiger charge is -2.19. The highest BCUT2D eigenvalue weighted by Crippen LogP contribution is 2.35. The molecule has 4 aliphatic rings. The maximum atomic E-state index is 13.8. The molecule has 14 nitrogen and oxygen atoms in total. The number of rotatable bonds is 32. The Morgan fingerprint density at radius 2 is 0.940 bits per heavy atom. The molecule has 2 amide bonds. The van der Waals surface area contributed by atoms with E-state index in [9.17, 15) is 9.59 Å². The molecule has 282 valence electrons. The van der Waals surface area contributed by atoms with E-state index in [0.29, 0.717) is 91.3 Å². The molecule has 4 aliphatic heterocycles. The van der Waals surface area contributed by atoms with Gasteiger partial charge in [0, 0.05) is 39.5 Å². The predicted octanol–water partition coefficient (Wildman–Crippen LogP) is 2.69. The van der Waals surface area contributed by atoms with Crippen LogP contribution in [0, 0.1) is 0 Å². The molecule has 4 atom stereocenters. The lowest BCUT2D eigenvalue weighted by molar-refractivity contribution is 0.0906. The first kappa shape index (κ1) is 38.7. The van der Waals surface area contributed by atoms with Gasteiger partial charge in [-0.2, -0.15) is 0 Å². The Bertz CT molecular complexity index is 1140. The van der Waals surface area contributed by atoms with Crippen molar-refractivity contribution in [2.24, 2.45) is 0 Å². The Kier molecular flexibility index (Phi) is 17.3. The van der Waals surface area contributed by atoms with Crippen molar-refractivity contribution in [3.8, 4) is 11.5 Å². The predicted molar refractivity (Wildman–Crippen MR) is 181 cm³/mol. The number of carbonyl (C=O) groups excluding carboxylic acids is 2. The molecule has 14 heteroatoms. The van der Waals surface area contributed by atoms with Gasteiger partial charge in [-0.1, -0.05) is 0 Å². The van der Waals surface area contributed by atoms with Crippen LogP contribution in [0.15, 0.2) is 12.1 Å². The van der Waals surface area contributed by atoms with Gasteiger partial charge >= 0.3 is 0 Å². The van der Waals surface area contributed by atoms with Crippen molar-refractivity contribution in [3.05, 3.63) is 23.3 Å². The third-order valence-electron chi connectivity index (χ3n) is 8.29. The molecule has 5 rings (SSSR count). The number of ether oxygens (including phenoxy) is 10. The van der Waals surface area contributed by atoms with E-state index in [1.165, 1.54) is 0 Å². The minimum absolute atomic E-state index is 0.171. The Labute approximate surface area is 295 Å². The Morgan fingerprint density at radius 3 is 1.40 bits per heavy atom. The summed E-state index contributed by atoms with van der Waals surface area (Å²) in [5.74, 6) is -0.0363. The van der Waals surface area contributed by atoms with Crippen molar-refractivity contribution in [2.75, 3.05) is 106 Å². The first-order valence-corrected chi connectivity index (χ1v) is 18.4. The highest BCUT2D eigenvalue weighted by molar-refractivity contribution is 6.09. The summed E-state index contributed by atoms with van der Waals surface area (Å²) < 4.78 is 55.7. The molecule has 0 saturated carbocycles. The number of benzene rings is 1. The van der Waals surface area contributed by atoms with Crippen molar-refractivity contribution in [1.82, 2.24) is 10.6 Å². The molecule has 50 heavy (non-hydrogen) atoms. The minimum Gasteiger partial charge on any atom is -0.490 e. The van der Waals surface area contributed by atoms with E-state index in [1.54, 1.807) is 12.1 Å². The van der Waals surface area contributed by atoms with Gasteiger partial charge in [-0.3, -0.25) is 9.59 Å². The van der Waals surface area contributed by atoms with Gasteiger partial charge in [0.05, 0.1) is 77.2 Å². The third-order valence-corrected chi connectivity index (χ3v) is 8.29. The standard InChI is InChI=1S/C36H56N2O12/c39-35(37-11-1-3-13-41-19-27-23-47-27)31-9-10-32(45-17-7-5-15-43-21-29-25-49-29)34(46-18-8-6-16-44-22-30-26-50-30)33(31)36(40)38-12-2-4-14-42-20-28-24-48-28/h9-10,27-30H,1-8,11-26H2,(H,37,39)(H,38,40). The first-order valence-electron chi connectivity index (χ1n) is 18.4. The van der Waals surface area contributed by atoms with Gasteiger partial charge in [0.2, 0.25) is 0 Å². The van der Waals surface area contributed by atoms with Crippen molar-refractivity contribution in [3.63, 3.8) is 0 Å². The average Bonchev–Trinajstić information content (AvgIpc) is 3.92. The second-order valence-electron chi connectivity index (χ2n) is 13.0. The summed E-state index contributed by atoms with van der Waals surface area (Å²) in [6.45, 7) is 9.51. The van der Waals surface area contributed by atoms with E-state index >= 15 is 0 Å². The quantitative estimate of drug-likeness (QED) is 0.0833. The second-order valence-corrected chi connectivity index (χ2v) is 13.0. The summed E-state index contributed by atoms with van der Waals surface area (Å²) in [5, 5.41) is 5.97. The molecule has 4 saturated heterocycles. The fraction of sp³-hybridized carbons (Fsp3) is 0.778. The zero-order valence-electron chi connectivity index (χ0n) is 29.3. The molecular weight excluding hydrogens is 652 g/mol. The van der Waals surface area contributed by atoms with Crippen molar-refractivity contribution in [2.45, 2.75) is 75.8 Å². The van der Waals surface area contributed by atoms with Gasteiger partial charge < -0.3 is 58.0 Å².